The Labute approximate surface area is 97.9 Å². The van der Waals surface area contributed by atoms with E-state index in [1.807, 2.05) is 27.7 Å². The topological polar surface area (TPSA) is 15.3 Å². The second-order valence-electron chi connectivity index (χ2n) is 3.79. The molecule has 0 aliphatic carbocycles. The van der Waals surface area contributed by atoms with Gasteiger partial charge in [-0.1, -0.05) is 34.6 Å². The van der Waals surface area contributed by atoms with Crippen molar-refractivity contribution in [3.63, 3.8) is 0 Å². The van der Waals surface area contributed by atoms with Crippen molar-refractivity contribution in [1.82, 2.24) is 10.2 Å². The predicted octanol–water partition coefficient (Wildman–Crippen LogP) is 2.99. The molecule has 2 unspecified atom stereocenters. The lowest BCUT2D eigenvalue weighted by atomic mass is 9.93. The molecule has 2 atom stereocenters. The molecule has 2 heterocycles. The van der Waals surface area contributed by atoms with E-state index in [1.54, 1.807) is 0 Å². The molecule has 1 N–H and O–H groups in total. The Morgan fingerprint density at radius 3 is 2.47 bits per heavy atom. The molecule has 15 heavy (non-hydrogen) atoms. The maximum atomic E-state index is 3.58. The van der Waals surface area contributed by atoms with Crippen LogP contribution in [0.25, 0.3) is 0 Å². The van der Waals surface area contributed by atoms with E-state index in [0.29, 0.717) is 0 Å². The Kier molecular flexibility index (Phi) is 9.12. The van der Waals surface area contributed by atoms with Crippen molar-refractivity contribution < 1.29 is 1.43 Å². The largest absolute Gasteiger partial charge is 0.312 e. The van der Waals surface area contributed by atoms with Gasteiger partial charge in [0.25, 0.3) is 0 Å². The van der Waals surface area contributed by atoms with E-state index >= 15 is 0 Å². The quantitative estimate of drug-likeness (QED) is 0.725. The number of nitrogens with zero attached hydrogens (tertiary/aromatic N) is 1. The summed E-state index contributed by atoms with van der Waals surface area (Å²) in [6.07, 6.45) is 2.84. The van der Waals surface area contributed by atoms with Gasteiger partial charge in [-0.05, 0) is 38.4 Å². The van der Waals surface area contributed by atoms with Crippen molar-refractivity contribution in [1.29, 1.82) is 0 Å². The molecule has 2 heteroatoms. The van der Waals surface area contributed by atoms with Crippen LogP contribution in [0.15, 0.2) is 0 Å². The van der Waals surface area contributed by atoms with Gasteiger partial charge in [-0.15, -0.1) is 0 Å². The van der Waals surface area contributed by atoms with Crippen LogP contribution in [0.1, 0.15) is 48.9 Å². The molecule has 2 aliphatic rings. The summed E-state index contributed by atoms with van der Waals surface area (Å²) in [7, 11) is 0. The van der Waals surface area contributed by atoms with Gasteiger partial charge in [0, 0.05) is 14.0 Å². The molecule has 2 saturated heterocycles. The summed E-state index contributed by atoms with van der Waals surface area (Å²) < 4.78 is 0. The molecule has 0 spiro atoms. The summed E-state index contributed by atoms with van der Waals surface area (Å²) in [6, 6.07) is 0.823. The molecule has 0 aromatic rings. The third-order valence-electron chi connectivity index (χ3n) is 3.21. The van der Waals surface area contributed by atoms with Crippen molar-refractivity contribution in [2.45, 2.75) is 53.5 Å². The van der Waals surface area contributed by atoms with Gasteiger partial charge in [-0.3, -0.25) is 0 Å². The second kappa shape index (κ2) is 9.17. The lowest BCUT2D eigenvalue weighted by molar-refractivity contribution is 0.174. The maximum absolute atomic E-state index is 3.58. The van der Waals surface area contributed by atoms with Gasteiger partial charge in [-0.2, -0.15) is 0 Å². The van der Waals surface area contributed by atoms with Gasteiger partial charge in [0.05, 0.1) is 0 Å². The average molecular weight is 216 g/mol. The van der Waals surface area contributed by atoms with Crippen LogP contribution >= 0.6 is 0 Å². The summed E-state index contributed by atoms with van der Waals surface area (Å²) in [4.78, 5) is 2.56. The van der Waals surface area contributed by atoms with Gasteiger partial charge in [-0.25, -0.2) is 0 Å². The second-order valence-corrected chi connectivity index (χ2v) is 3.79. The number of fused-ring (bicyclic) bond motifs is 1. The van der Waals surface area contributed by atoms with E-state index in [0.717, 1.165) is 12.0 Å². The van der Waals surface area contributed by atoms with Crippen LogP contribution in [-0.2, 0) is 0 Å². The van der Waals surface area contributed by atoms with E-state index in [9.17, 15) is 0 Å². The standard InChI is InChI=1S/C9H18N2.2C2H6.H2/c1-2-11-6-4-8-3-5-10-9(8)7-11;2*1-2;/h8-10H,2-7H2,1H3;2*1-2H3;1H. The van der Waals surface area contributed by atoms with Crippen LogP contribution in [0.3, 0.4) is 0 Å². The SMILES string of the molecule is CC.CC.CCN1CCC2CCNC2C1.[HH]. The molecule has 0 aromatic heterocycles. The van der Waals surface area contributed by atoms with E-state index in [-0.39, 0.29) is 1.43 Å². The van der Waals surface area contributed by atoms with Gasteiger partial charge in [0.15, 0.2) is 0 Å². The van der Waals surface area contributed by atoms with Crippen molar-refractivity contribution in [2.24, 2.45) is 5.92 Å². The normalized spacial score (nSPS) is 29.4. The highest BCUT2D eigenvalue weighted by Gasteiger charge is 2.31. The lowest BCUT2D eigenvalue weighted by Crippen LogP contribution is -2.46. The van der Waals surface area contributed by atoms with Crippen LogP contribution in [-0.4, -0.2) is 37.1 Å². The molecule has 2 fully saturated rings. The Morgan fingerprint density at radius 2 is 1.87 bits per heavy atom. The van der Waals surface area contributed by atoms with Crippen molar-refractivity contribution in [2.75, 3.05) is 26.2 Å². The number of piperidine rings is 1. The molecule has 0 amide bonds. The number of nitrogens with one attached hydrogen (secondary N) is 1. The third-order valence-corrected chi connectivity index (χ3v) is 3.21. The van der Waals surface area contributed by atoms with Crippen molar-refractivity contribution in [3.8, 4) is 0 Å². The average Bonchev–Trinajstić information content (AvgIpc) is 2.81. The molecule has 94 valence electrons. The molecule has 0 radical (unpaired) electrons. The van der Waals surface area contributed by atoms with E-state index in [1.165, 1.54) is 39.0 Å². The Balaban J connectivity index is 0. The predicted molar refractivity (Wildman–Crippen MR) is 71.4 cm³/mol. The van der Waals surface area contributed by atoms with Crippen LogP contribution in [0.2, 0.25) is 0 Å². The van der Waals surface area contributed by atoms with Gasteiger partial charge < -0.3 is 10.2 Å². The Morgan fingerprint density at radius 1 is 1.20 bits per heavy atom. The fourth-order valence-corrected chi connectivity index (χ4v) is 2.39. The highest BCUT2D eigenvalue weighted by Crippen LogP contribution is 2.24. The molecule has 0 aromatic carbocycles. The monoisotopic (exact) mass is 216 g/mol. The third kappa shape index (κ3) is 4.52. The van der Waals surface area contributed by atoms with Crippen LogP contribution in [0, 0.1) is 5.92 Å². The first-order valence-electron chi connectivity index (χ1n) is 6.86. The number of rotatable bonds is 1. The Hall–Kier alpha value is -0.0800. The van der Waals surface area contributed by atoms with Crippen LogP contribution < -0.4 is 5.32 Å². The minimum Gasteiger partial charge on any atom is -0.312 e. The molecule has 2 aliphatic heterocycles. The number of likely N-dealkylation sites (N-methyl/N-ethyl adjacent to an activating group) is 1. The summed E-state index contributed by atoms with van der Waals surface area (Å²) in [6.45, 7) is 15.4. The fourth-order valence-electron chi connectivity index (χ4n) is 2.39. The summed E-state index contributed by atoms with van der Waals surface area (Å²) in [5.74, 6) is 0.998. The fraction of sp³-hybridized carbons (Fsp3) is 1.00. The molecule has 0 bridgehead atoms. The minimum atomic E-state index is 0. The van der Waals surface area contributed by atoms with Crippen molar-refractivity contribution >= 4 is 0 Å². The molecule has 2 rings (SSSR count). The molecule has 0 saturated carbocycles. The van der Waals surface area contributed by atoms with Crippen LogP contribution in [0.4, 0.5) is 0 Å². The van der Waals surface area contributed by atoms with Gasteiger partial charge in [0.1, 0.15) is 0 Å². The highest BCUT2D eigenvalue weighted by atomic mass is 15.2. The van der Waals surface area contributed by atoms with Crippen molar-refractivity contribution in [3.05, 3.63) is 0 Å². The molecular formula is C13H32N2. The van der Waals surface area contributed by atoms with Gasteiger partial charge in [0.2, 0.25) is 0 Å². The zero-order valence-electron chi connectivity index (χ0n) is 11.3. The summed E-state index contributed by atoms with van der Waals surface area (Å²) >= 11 is 0. The first-order chi connectivity index (χ1) is 7.40. The summed E-state index contributed by atoms with van der Waals surface area (Å²) in [5.41, 5.74) is 0. The number of hydrogen-bond donors (Lipinski definition) is 1. The van der Waals surface area contributed by atoms with E-state index < -0.39 is 0 Å². The van der Waals surface area contributed by atoms with Crippen LogP contribution in [0.5, 0.6) is 0 Å². The first kappa shape index (κ1) is 14.9. The highest BCUT2D eigenvalue weighted by molar-refractivity contribution is 4.89. The number of likely N-dealkylation sites (tertiary alicyclic amines) is 1. The lowest BCUT2D eigenvalue weighted by Gasteiger charge is -2.33. The smallest absolute Gasteiger partial charge is 0.0224 e. The minimum absolute atomic E-state index is 0. The zero-order chi connectivity index (χ0) is 11.7. The molecule has 2 nitrogen and oxygen atoms in total. The van der Waals surface area contributed by atoms with E-state index in [2.05, 4.69) is 17.1 Å². The van der Waals surface area contributed by atoms with E-state index in [4.69, 9.17) is 0 Å². The Bertz CT molecular complexity index is 142. The molecular weight excluding hydrogens is 184 g/mol. The first-order valence-corrected chi connectivity index (χ1v) is 6.86. The van der Waals surface area contributed by atoms with Gasteiger partial charge >= 0.3 is 0 Å². The zero-order valence-corrected chi connectivity index (χ0v) is 11.3. The number of hydrogen-bond acceptors (Lipinski definition) is 2. The maximum Gasteiger partial charge on any atom is 0.0224 e. The summed E-state index contributed by atoms with van der Waals surface area (Å²) in [5, 5.41) is 3.58.